The third-order valence-corrected chi connectivity index (χ3v) is 3.48. The molecule has 0 saturated carbocycles. The fraction of sp³-hybridized carbons (Fsp3) is 0.429. The molecule has 0 radical (unpaired) electrons. The summed E-state index contributed by atoms with van der Waals surface area (Å²) in [6.07, 6.45) is 0. The molecule has 2 aromatic rings. The van der Waals surface area contributed by atoms with Gasteiger partial charge in [-0.3, -0.25) is 0 Å². The van der Waals surface area contributed by atoms with Crippen molar-refractivity contribution < 1.29 is 4.52 Å². The standard InChI is InChI=1S/C14H18ClN3O/c1-8-5-6-9(7-10(8)15)13-17-12(18-19-13)11(16)14(2,3)4/h5-7,11H,16H2,1-4H3. The van der Waals surface area contributed by atoms with E-state index in [1.807, 2.05) is 45.9 Å². The number of hydrogen-bond acceptors (Lipinski definition) is 4. The number of nitrogens with zero attached hydrogens (tertiary/aromatic N) is 2. The Bertz CT molecular complexity index is 587. The minimum absolute atomic E-state index is 0.119. The van der Waals surface area contributed by atoms with Gasteiger partial charge in [-0.2, -0.15) is 4.98 Å². The van der Waals surface area contributed by atoms with Crippen LogP contribution in [0.1, 0.15) is 38.2 Å². The average Bonchev–Trinajstić information content (AvgIpc) is 2.79. The maximum Gasteiger partial charge on any atom is 0.258 e. The quantitative estimate of drug-likeness (QED) is 0.909. The Hall–Kier alpha value is -1.39. The molecule has 5 heteroatoms. The molecule has 0 bridgehead atoms. The number of nitrogens with two attached hydrogens (primary N) is 1. The van der Waals surface area contributed by atoms with Crippen molar-refractivity contribution in [3.63, 3.8) is 0 Å². The predicted molar refractivity (Wildman–Crippen MR) is 75.9 cm³/mol. The first-order chi connectivity index (χ1) is 8.79. The van der Waals surface area contributed by atoms with Crippen molar-refractivity contribution in [3.05, 3.63) is 34.6 Å². The lowest BCUT2D eigenvalue weighted by atomic mass is 9.87. The zero-order valence-electron chi connectivity index (χ0n) is 11.6. The highest BCUT2D eigenvalue weighted by atomic mass is 35.5. The van der Waals surface area contributed by atoms with Gasteiger partial charge in [0.2, 0.25) is 0 Å². The van der Waals surface area contributed by atoms with Crippen LogP contribution in [-0.4, -0.2) is 10.1 Å². The molecule has 102 valence electrons. The number of aromatic nitrogens is 2. The maximum atomic E-state index is 6.11. The molecule has 0 aliphatic rings. The molecule has 1 unspecified atom stereocenters. The zero-order chi connectivity index (χ0) is 14.2. The van der Waals surface area contributed by atoms with Crippen LogP contribution in [0.15, 0.2) is 22.7 Å². The summed E-state index contributed by atoms with van der Waals surface area (Å²) in [6, 6.07) is 5.37. The fourth-order valence-corrected chi connectivity index (χ4v) is 1.77. The molecule has 19 heavy (non-hydrogen) atoms. The first kappa shape index (κ1) is 14.0. The molecule has 2 N–H and O–H groups in total. The van der Waals surface area contributed by atoms with E-state index in [0.29, 0.717) is 16.7 Å². The van der Waals surface area contributed by atoms with Crippen molar-refractivity contribution in [1.29, 1.82) is 0 Å². The summed E-state index contributed by atoms with van der Waals surface area (Å²) in [4.78, 5) is 4.36. The molecule has 0 aliphatic carbocycles. The largest absolute Gasteiger partial charge is 0.334 e. The number of benzene rings is 1. The molecule has 4 nitrogen and oxygen atoms in total. The maximum absolute atomic E-state index is 6.11. The molecule has 0 saturated heterocycles. The Balaban J connectivity index is 2.33. The van der Waals surface area contributed by atoms with E-state index in [2.05, 4.69) is 10.1 Å². The zero-order valence-corrected chi connectivity index (χ0v) is 12.3. The third-order valence-electron chi connectivity index (χ3n) is 3.07. The summed E-state index contributed by atoms with van der Waals surface area (Å²) in [7, 11) is 0. The summed E-state index contributed by atoms with van der Waals surface area (Å²) in [5, 5.41) is 4.63. The first-order valence-electron chi connectivity index (χ1n) is 6.15. The molecular formula is C14H18ClN3O. The van der Waals surface area contributed by atoms with Gasteiger partial charge in [0.1, 0.15) is 0 Å². The van der Waals surface area contributed by atoms with Crippen molar-refractivity contribution in [2.45, 2.75) is 33.7 Å². The van der Waals surface area contributed by atoms with Gasteiger partial charge in [-0.05, 0) is 30.0 Å². The predicted octanol–water partition coefficient (Wildman–Crippen LogP) is 3.74. The Morgan fingerprint density at radius 2 is 2.00 bits per heavy atom. The van der Waals surface area contributed by atoms with Crippen molar-refractivity contribution in [1.82, 2.24) is 10.1 Å². The highest BCUT2D eigenvalue weighted by Gasteiger charge is 2.27. The molecule has 1 aromatic carbocycles. The van der Waals surface area contributed by atoms with Crippen molar-refractivity contribution in [2.75, 3.05) is 0 Å². The normalized spacial score (nSPS) is 13.6. The van der Waals surface area contributed by atoms with E-state index >= 15 is 0 Å². The molecule has 1 aromatic heterocycles. The molecule has 1 heterocycles. The Morgan fingerprint density at radius 3 is 2.58 bits per heavy atom. The van der Waals surface area contributed by atoms with Crippen LogP contribution in [0, 0.1) is 12.3 Å². The molecular weight excluding hydrogens is 262 g/mol. The lowest BCUT2D eigenvalue weighted by Gasteiger charge is -2.23. The van der Waals surface area contributed by atoms with Gasteiger partial charge in [-0.1, -0.05) is 43.6 Å². The number of halogens is 1. The van der Waals surface area contributed by atoms with Crippen molar-refractivity contribution in [3.8, 4) is 11.5 Å². The summed E-state index contributed by atoms with van der Waals surface area (Å²) < 4.78 is 5.26. The van der Waals surface area contributed by atoms with Gasteiger partial charge in [-0.25, -0.2) is 0 Å². The average molecular weight is 280 g/mol. The summed E-state index contributed by atoms with van der Waals surface area (Å²) in [5.74, 6) is 0.954. The van der Waals surface area contributed by atoms with Crippen molar-refractivity contribution >= 4 is 11.6 Å². The highest BCUT2D eigenvalue weighted by molar-refractivity contribution is 6.31. The minimum Gasteiger partial charge on any atom is -0.334 e. The number of rotatable bonds is 2. The topological polar surface area (TPSA) is 64.9 Å². The van der Waals surface area contributed by atoms with E-state index in [0.717, 1.165) is 11.1 Å². The summed E-state index contributed by atoms with van der Waals surface area (Å²) >= 11 is 6.09. The van der Waals surface area contributed by atoms with Crippen LogP contribution in [0.5, 0.6) is 0 Å². The lowest BCUT2D eigenvalue weighted by Crippen LogP contribution is -2.27. The minimum atomic E-state index is -0.272. The van der Waals surface area contributed by atoms with Crippen LogP contribution >= 0.6 is 11.6 Å². The van der Waals surface area contributed by atoms with Crippen LogP contribution in [-0.2, 0) is 0 Å². The lowest BCUT2D eigenvalue weighted by molar-refractivity contribution is 0.303. The third kappa shape index (κ3) is 2.96. The fourth-order valence-electron chi connectivity index (χ4n) is 1.59. The highest BCUT2D eigenvalue weighted by Crippen LogP contribution is 2.30. The van der Waals surface area contributed by atoms with Crippen molar-refractivity contribution in [2.24, 2.45) is 11.1 Å². The van der Waals surface area contributed by atoms with Gasteiger partial charge < -0.3 is 10.3 Å². The Morgan fingerprint density at radius 1 is 1.32 bits per heavy atom. The van der Waals surface area contributed by atoms with Crippen LogP contribution in [0.25, 0.3) is 11.5 Å². The second-order valence-corrected chi connectivity index (χ2v) is 6.17. The van der Waals surface area contributed by atoms with Gasteiger partial charge in [0.25, 0.3) is 5.89 Å². The Kier molecular flexibility index (Phi) is 3.65. The number of aryl methyl sites for hydroxylation is 1. The molecule has 1 atom stereocenters. The van der Waals surface area contributed by atoms with Crippen LogP contribution in [0.3, 0.4) is 0 Å². The van der Waals surface area contributed by atoms with Gasteiger partial charge in [-0.15, -0.1) is 0 Å². The van der Waals surface area contributed by atoms with E-state index in [-0.39, 0.29) is 11.5 Å². The van der Waals surface area contributed by atoms with E-state index in [9.17, 15) is 0 Å². The SMILES string of the molecule is Cc1ccc(-c2nc(C(N)C(C)(C)C)no2)cc1Cl. The molecule has 0 amide bonds. The first-order valence-corrected chi connectivity index (χ1v) is 6.52. The van der Waals surface area contributed by atoms with Gasteiger partial charge in [0, 0.05) is 10.6 Å². The Labute approximate surface area is 118 Å². The van der Waals surface area contributed by atoms with Crippen LogP contribution < -0.4 is 5.73 Å². The molecule has 0 spiro atoms. The van der Waals surface area contributed by atoms with Crippen LogP contribution in [0.2, 0.25) is 5.02 Å². The van der Waals surface area contributed by atoms with E-state index in [1.165, 1.54) is 0 Å². The molecule has 0 fully saturated rings. The summed E-state index contributed by atoms with van der Waals surface area (Å²) in [5.41, 5.74) is 7.80. The second kappa shape index (κ2) is 4.94. The van der Waals surface area contributed by atoms with Gasteiger partial charge in [0.15, 0.2) is 5.82 Å². The summed E-state index contributed by atoms with van der Waals surface area (Å²) in [6.45, 7) is 8.06. The van der Waals surface area contributed by atoms with E-state index < -0.39 is 0 Å². The van der Waals surface area contributed by atoms with Gasteiger partial charge in [0.05, 0.1) is 6.04 Å². The molecule has 0 aliphatic heterocycles. The molecule has 2 rings (SSSR count). The van der Waals surface area contributed by atoms with E-state index in [1.54, 1.807) is 0 Å². The second-order valence-electron chi connectivity index (χ2n) is 5.77. The smallest absolute Gasteiger partial charge is 0.258 e. The monoisotopic (exact) mass is 279 g/mol. The van der Waals surface area contributed by atoms with Gasteiger partial charge >= 0.3 is 0 Å². The van der Waals surface area contributed by atoms with Crippen LogP contribution in [0.4, 0.5) is 0 Å². The van der Waals surface area contributed by atoms with E-state index in [4.69, 9.17) is 21.9 Å². The number of hydrogen-bond donors (Lipinski definition) is 1.